The SMILES string of the molecule is CCc1nnc(N2CCC(C(=O)N3CCc4ccccc43)CC2)nc1CC. The highest BCUT2D eigenvalue weighted by Gasteiger charge is 2.33. The molecule has 2 aliphatic rings. The van der Waals surface area contributed by atoms with E-state index in [4.69, 9.17) is 4.98 Å². The maximum atomic E-state index is 13.1. The number of rotatable bonds is 4. The van der Waals surface area contributed by atoms with E-state index in [1.54, 1.807) is 0 Å². The number of carbonyl (C=O) groups is 1. The third-order valence-electron chi connectivity index (χ3n) is 5.78. The van der Waals surface area contributed by atoms with Crippen molar-refractivity contribution >= 4 is 17.5 Å². The van der Waals surface area contributed by atoms with Crippen LogP contribution >= 0.6 is 0 Å². The predicted molar refractivity (Wildman–Crippen MR) is 106 cm³/mol. The van der Waals surface area contributed by atoms with Crippen molar-refractivity contribution < 1.29 is 4.79 Å². The van der Waals surface area contributed by atoms with Crippen molar-refractivity contribution in [2.45, 2.75) is 46.0 Å². The minimum atomic E-state index is 0.0842. The summed E-state index contributed by atoms with van der Waals surface area (Å²) in [5, 5.41) is 8.68. The summed E-state index contributed by atoms with van der Waals surface area (Å²) in [7, 11) is 0. The third-order valence-corrected chi connectivity index (χ3v) is 5.78. The molecular formula is C21H27N5O. The Balaban J connectivity index is 1.41. The Morgan fingerprint density at radius 3 is 2.52 bits per heavy atom. The van der Waals surface area contributed by atoms with E-state index in [1.165, 1.54) is 5.56 Å². The fourth-order valence-corrected chi connectivity index (χ4v) is 4.18. The standard InChI is InChI=1S/C21H27N5O/c1-3-17-18(4-2)23-24-21(22-17)25-12-9-16(10-13-25)20(27)26-14-11-15-7-5-6-8-19(15)26/h5-8,16H,3-4,9-14H2,1-2H3. The molecule has 27 heavy (non-hydrogen) atoms. The summed E-state index contributed by atoms with van der Waals surface area (Å²) >= 11 is 0. The highest BCUT2D eigenvalue weighted by molar-refractivity contribution is 5.97. The van der Waals surface area contributed by atoms with Gasteiger partial charge in [0.05, 0.1) is 11.4 Å². The molecule has 0 saturated carbocycles. The first-order valence-corrected chi connectivity index (χ1v) is 10.1. The molecule has 142 valence electrons. The molecule has 1 amide bonds. The molecule has 6 heteroatoms. The molecule has 0 N–H and O–H groups in total. The Morgan fingerprint density at radius 1 is 1.04 bits per heavy atom. The van der Waals surface area contributed by atoms with Gasteiger partial charge in [0.25, 0.3) is 0 Å². The average Bonchev–Trinajstić information content (AvgIpc) is 3.17. The van der Waals surface area contributed by atoms with Gasteiger partial charge in [-0.25, -0.2) is 4.98 Å². The molecule has 6 nitrogen and oxygen atoms in total. The quantitative estimate of drug-likeness (QED) is 0.834. The van der Waals surface area contributed by atoms with E-state index in [-0.39, 0.29) is 11.8 Å². The third kappa shape index (κ3) is 3.40. The second-order valence-corrected chi connectivity index (χ2v) is 7.34. The van der Waals surface area contributed by atoms with Crippen molar-refractivity contribution in [2.24, 2.45) is 5.92 Å². The number of nitrogens with zero attached hydrogens (tertiary/aromatic N) is 5. The number of hydrogen-bond acceptors (Lipinski definition) is 5. The van der Waals surface area contributed by atoms with Gasteiger partial charge in [-0.15, -0.1) is 5.10 Å². The first-order valence-electron chi connectivity index (χ1n) is 10.1. The van der Waals surface area contributed by atoms with Gasteiger partial charge >= 0.3 is 0 Å². The molecule has 0 spiro atoms. The summed E-state index contributed by atoms with van der Waals surface area (Å²) in [5.41, 5.74) is 4.40. The smallest absolute Gasteiger partial charge is 0.245 e. The topological polar surface area (TPSA) is 62.2 Å². The highest BCUT2D eigenvalue weighted by Crippen LogP contribution is 2.31. The Kier molecular flexibility index (Phi) is 5.05. The van der Waals surface area contributed by atoms with Crippen LogP contribution in [0.4, 0.5) is 11.6 Å². The van der Waals surface area contributed by atoms with Crippen LogP contribution in [0, 0.1) is 5.92 Å². The van der Waals surface area contributed by atoms with Crippen LogP contribution in [-0.4, -0.2) is 40.7 Å². The summed E-state index contributed by atoms with van der Waals surface area (Å²) < 4.78 is 0. The average molecular weight is 365 g/mol. The summed E-state index contributed by atoms with van der Waals surface area (Å²) in [6.07, 6.45) is 4.38. The van der Waals surface area contributed by atoms with Crippen LogP contribution in [0.25, 0.3) is 0 Å². The van der Waals surface area contributed by atoms with Gasteiger partial charge in [0.2, 0.25) is 11.9 Å². The molecule has 0 atom stereocenters. The van der Waals surface area contributed by atoms with Crippen LogP contribution in [0.3, 0.4) is 0 Å². The Labute approximate surface area is 160 Å². The number of aryl methyl sites for hydroxylation is 2. The first kappa shape index (κ1) is 17.9. The van der Waals surface area contributed by atoms with Gasteiger partial charge in [0.15, 0.2) is 0 Å². The van der Waals surface area contributed by atoms with E-state index in [9.17, 15) is 4.79 Å². The molecule has 3 heterocycles. The van der Waals surface area contributed by atoms with Crippen LogP contribution in [-0.2, 0) is 24.1 Å². The molecule has 1 aromatic heterocycles. The van der Waals surface area contributed by atoms with Crippen LogP contribution in [0.15, 0.2) is 24.3 Å². The molecular weight excluding hydrogens is 338 g/mol. The number of piperidine rings is 1. The van der Waals surface area contributed by atoms with Gasteiger partial charge < -0.3 is 9.80 Å². The highest BCUT2D eigenvalue weighted by atomic mass is 16.2. The molecule has 0 aliphatic carbocycles. The van der Waals surface area contributed by atoms with Crippen molar-refractivity contribution in [2.75, 3.05) is 29.4 Å². The molecule has 2 aromatic rings. The number of fused-ring (bicyclic) bond motifs is 1. The molecule has 4 rings (SSSR count). The normalized spacial score (nSPS) is 17.3. The zero-order valence-corrected chi connectivity index (χ0v) is 16.2. The zero-order chi connectivity index (χ0) is 18.8. The summed E-state index contributed by atoms with van der Waals surface area (Å²) in [5.74, 6) is 1.07. The monoisotopic (exact) mass is 365 g/mol. The zero-order valence-electron chi connectivity index (χ0n) is 16.2. The number of benzene rings is 1. The van der Waals surface area contributed by atoms with E-state index >= 15 is 0 Å². The molecule has 0 bridgehead atoms. The Hall–Kier alpha value is -2.50. The van der Waals surface area contributed by atoms with Crippen LogP contribution < -0.4 is 9.80 Å². The van der Waals surface area contributed by atoms with E-state index in [1.807, 2.05) is 17.0 Å². The van der Waals surface area contributed by atoms with E-state index < -0.39 is 0 Å². The van der Waals surface area contributed by atoms with Crippen molar-refractivity contribution in [3.8, 4) is 0 Å². The lowest BCUT2D eigenvalue weighted by Gasteiger charge is -2.33. The summed E-state index contributed by atoms with van der Waals surface area (Å²) in [4.78, 5) is 21.9. The first-order chi connectivity index (χ1) is 13.2. The number of anilines is 2. The van der Waals surface area contributed by atoms with Gasteiger partial charge in [0.1, 0.15) is 0 Å². The van der Waals surface area contributed by atoms with Crippen molar-refractivity contribution in [3.05, 3.63) is 41.2 Å². The summed E-state index contributed by atoms with van der Waals surface area (Å²) in [6, 6.07) is 8.26. The van der Waals surface area contributed by atoms with Gasteiger partial charge in [-0.1, -0.05) is 32.0 Å². The van der Waals surface area contributed by atoms with Gasteiger partial charge in [-0.3, -0.25) is 4.79 Å². The van der Waals surface area contributed by atoms with Gasteiger partial charge in [0, 0.05) is 31.2 Å². The second-order valence-electron chi connectivity index (χ2n) is 7.34. The van der Waals surface area contributed by atoms with Gasteiger partial charge in [-0.2, -0.15) is 5.10 Å². The number of amides is 1. The Bertz CT molecular complexity index is 829. The fraction of sp³-hybridized carbons (Fsp3) is 0.524. The number of carbonyl (C=O) groups excluding carboxylic acids is 1. The van der Waals surface area contributed by atoms with E-state index in [2.05, 4.69) is 41.1 Å². The summed E-state index contributed by atoms with van der Waals surface area (Å²) in [6.45, 7) is 6.61. The lowest BCUT2D eigenvalue weighted by atomic mass is 9.95. The van der Waals surface area contributed by atoms with Crippen LogP contribution in [0.1, 0.15) is 43.6 Å². The minimum Gasteiger partial charge on any atom is -0.339 e. The molecule has 2 aliphatic heterocycles. The predicted octanol–water partition coefficient (Wildman–Crippen LogP) is 2.80. The molecule has 0 unspecified atom stereocenters. The maximum Gasteiger partial charge on any atom is 0.245 e. The van der Waals surface area contributed by atoms with Crippen LogP contribution in [0.5, 0.6) is 0 Å². The van der Waals surface area contributed by atoms with E-state index in [0.717, 1.165) is 68.8 Å². The number of aromatic nitrogens is 3. The van der Waals surface area contributed by atoms with Crippen molar-refractivity contribution in [1.82, 2.24) is 15.2 Å². The minimum absolute atomic E-state index is 0.0842. The lowest BCUT2D eigenvalue weighted by Crippen LogP contribution is -2.42. The molecule has 1 aromatic carbocycles. The number of para-hydroxylation sites is 1. The van der Waals surface area contributed by atoms with Crippen LogP contribution in [0.2, 0.25) is 0 Å². The largest absolute Gasteiger partial charge is 0.339 e. The second kappa shape index (κ2) is 7.62. The Morgan fingerprint density at radius 2 is 1.78 bits per heavy atom. The fourth-order valence-electron chi connectivity index (χ4n) is 4.18. The van der Waals surface area contributed by atoms with E-state index in [0.29, 0.717) is 5.95 Å². The maximum absolute atomic E-state index is 13.1. The molecule has 1 saturated heterocycles. The lowest BCUT2D eigenvalue weighted by molar-refractivity contribution is -0.122. The van der Waals surface area contributed by atoms with Gasteiger partial charge in [-0.05, 0) is 43.7 Å². The molecule has 0 radical (unpaired) electrons. The molecule has 1 fully saturated rings. The number of hydrogen-bond donors (Lipinski definition) is 0. The van der Waals surface area contributed by atoms with Crippen molar-refractivity contribution in [1.29, 1.82) is 0 Å². The van der Waals surface area contributed by atoms with Crippen molar-refractivity contribution in [3.63, 3.8) is 0 Å².